The lowest BCUT2D eigenvalue weighted by molar-refractivity contribution is -0.655. The van der Waals surface area contributed by atoms with E-state index in [9.17, 15) is 4.91 Å². The Balaban J connectivity index is 3.34. The number of hydrogen-bond donors (Lipinski definition) is 0. The molecule has 142 valence electrons. The summed E-state index contributed by atoms with van der Waals surface area (Å²) in [6, 6.07) is 3.30. The van der Waals surface area contributed by atoms with E-state index in [4.69, 9.17) is 14.2 Å². The Bertz CT molecular complexity index is 538. The normalized spacial score (nSPS) is 12.6. The highest BCUT2D eigenvalue weighted by Gasteiger charge is 2.41. The van der Waals surface area contributed by atoms with E-state index < -0.39 is 5.54 Å². The van der Waals surface area contributed by atoms with Crippen LogP contribution in [0.1, 0.15) is 71.4 Å². The number of nitroso groups, excluding NO2 is 1. The first-order chi connectivity index (χ1) is 11.8. The summed E-state index contributed by atoms with van der Waals surface area (Å²) in [7, 11) is 4.82. The van der Waals surface area contributed by atoms with Crippen molar-refractivity contribution in [1.29, 1.82) is 0 Å². The van der Waals surface area contributed by atoms with Gasteiger partial charge in [-0.1, -0.05) is 26.2 Å². The Morgan fingerprint density at radius 2 is 1.52 bits per heavy atom. The first kappa shape index (κ1) is 21.3. The van der Waals surface area contributed by atoms with E-state index in [1.807, 2.05) is 32.9 Å². The SMILES string of the molecule is CCCCCCC(c1c(OC)cc(OC)cc1OC)[N+](=O)C(C)(C)C. The summed E-state index contributed by atoms with van der Waals surface area (Å²) in [5.74, 6) is 1.90. The molecule has 1 rings (SSSR count). The maximum atomic E-state index is 13.1. The highest BCUT2D eigenvalue weighted by molar-refractivity contribution is 5.51. The Labute approximate surface area is 152 Å². The summed E-state index contributed by atoms with van der Waals surface area (Å²) >= 11 is 0. The molecule has 1 aromatic carbocycles. The Hall–Kier alpha value is -1.78. The van der Waals surface area contributed by atoms with Gasteiger partial charge in [0.15, 0.2) is 0 Å². The smallest absolute Gasteiger partial charge is 0.234 e. The summed E-state index contributed by atoms with van der Waals surface area (Å²) < 4.78 is 17.6. The van der Waals surface area contributed by atoms with Gasteiger partial charge in [-0.25, -0.2) is 0 Å². The van der Waals surface area contributed by atoms with E-state index in [1.54, 1.807) is 21.3 Å². The summed E-state index contributed by atoms with van der Waals surface area (Å²) in [4.78, 5) is 13.1. The number of rotatable bonds is 10. The summed E-state index contributed by atoms with van der Waals surface area (Å²) in [6.07, 6.45) is 5.22. The van der Waals surface area contributed by atoms with Crippen molar-refractivity contribution < 1.29 is 19.0 Å². The number of ether oxygens (including phenoxy) is 3. The molecule has 0 N–H and O–H groups in total. The fraction of sp³-hybridized carbons (Fsp3) is 0.700. The quantitative estimate of drug-likeness (QED) is 0.423. The number of nitrogens with zero attached hydrogens (tertiary/aromatic N) is 1. The molecule has 0 fully saturated rings. The molecule has 0 aromatic heterocycles. The number of benzene rings is 1. The standard InChI is InChI=1S/C20H34NO4/c1-8-9-10-11-12-16(21(22)20(2,3)4)19-17(24-6)13-15(23-5)14-18(19)25-7/h13-14,16H,8-12H2,1-7H3/q+1. The molecule has 0 aliphatic rings. The molecule has 0 radical (unpaired) electrons. The molecule has 0 saturated heterocycles. The van der Waals surface area contributed by atoms with Gasteiger partial charge in [0.1, 0.15) is 22.8 Å². The van der Waals surface area contributed by atoms with E-state index >= 15 is 0 Å². The molecular weight excluding hydrogens is 318 g/mol. The van der Waals surface area contributed by atoms with E-state index in [1.165, 1.54) is 17.6 Å². The predicted octanol–water partition coefficient (Wildman–Crippen LogP) is 5.30. The third kappa shape index (κ3) is 5.62. The van der Waals surface area contributed by atoms with E-state index in [2.05, 4.69) is 6.92 Å². The van der Waals surface area contributed by atoms with Gasteiger partial charge in [-0.05, 0) is 6.42 Å². The summed E-state index contributed by atoms with van der Waals surface area (Å²) in [5, 5.41) is 0. The van der Waals surface area contributed by atoms with Crippen LogP contribution in [0.25, 0.3) is 0 Å². The maximum absolute atomic E-state index is 13.1. The third-order valence-electron chi connectivity index (χ3n) is 4.36. The minimum Gasteiger partial charge on any atom is -0.496 e. The van der Waals surface area contributed by atoms with Gasteiger partial charge >= 0.3 is 0 Å². The first-order valence-corrected chi connectivity index (χ1v) is 9.06. The lowest BCUT2D eigenvalue weighted by Crippen LogP contribution is -2.34. The van der Waals surface area contributed by atoms with Crippen molar-refractivity contribution in [3.8, 4) is 17.2 Å². The second-order valence-corrected chi connectivity index (χ2v) is 7.31. The molecule has 0 heterocycles. The molecule has 0 saturated carbocycles. The molecule has 0 spiro atoms. The Morgan fingerprint density at radius 1 is 0.960 bits per heavy atom. The van der Waals surface area contributed by atoms with Crippen molar-refractivity contribution in [2.75, 3.05) is 21.3 Å². The van der Waals surface area contributed by atoms with Crippen LogP contribution in [0.5, 0.6) is 17.2 Å². The minimum absolute atomic E-state index is 0.326. The van der Waals surface area contributed by atoms with Crippen LogP contribution >= 0.6 is 0 Å². The first-order valence-electron chi connectivity index (χ1n) is 9.06. The van der Waals surface area contributed by atoms with Crippen molar-refractivity contribution in [2.45, 2.75) is 71.4 Å². The monoisotopic (exact) mass is 352 g/mol. The number of hydrogen-bond acceptors (Lipinski definition) is 4. The summed E-state index contributed by atoms with van der Waals surface area (Å²) in [6.45, 7) is 7.98. The van der Waals surface area contributed by atoms with Crippen LogP contribution in [-0.2, 0) is 0 Å². The molecular formula is C20H34NO4+. The number of methoxy groups -OCH3 is 3. The minimum atomic E-state index is -0.509. The topological polar surface area (TPSA) is 47.8 Å². The largest absolute Gasteiger partial charge is 0.496 e. The molecule has 1 unspecified atom stereocenters. The second-order valence-electron chi connectivity index (χ2n) is 7.31. The molecule has 0 aliphatic heterocycles. The van der Waals surface area contributed by atoms with E-state index in [0.717, 1.165) is 24.8 Å². The maximum Gasteiger partial charge on any atom is 0.234 e. The van der Waals surface area contributed by atoms with Gasteiger partial charge in [-0.2, -0.15) is 0 Å². The van der Waals surface area contributed by atoms with Crippen LogP contribution in [0.3, 0.4) is 0 Å². The molecule has 0 aliphatic carbocycles. The lowest BCUT2D eigenvalue weighted by atomic mass is 9.94. The van der Waals surface area contributed by atoms with Crippen LogP contribution in [0.2, 0.25) is 0 Å². The van der Waals surface area contributed by atoms with Gasteiger partial charge in [0.25, 0.3) is 0 Å². The number of unbranched alkanes of at least 4 members (excludes halogenated alkanes) is 3. The van der Waals surface area contributed by atoms with Crippen LogP contribution in [-0.4, -0.2) is 31.6 Å². The molecule has 25 heavy (non-hydrogen) atoms. The molecule has 1 atom stereocenters. The lowest BCUT2D eigenvalue weighted by Gasteiger charge is -2.22. The van der Waals surface area contributed by atoms with Crippen molar-refractivity contribution >= 4 is 0 Å². The Morgan fingerprint density at radius 3 is 1.92 bits per heavy atom. The van der Waals surface area contributed by atoms with Crippen molar-refractivity contribution in [1.82, 2.24) is 0 Å². The van der Waals surface area contributed by atoms with E-state index in [-0.39, 0.29) is 6.04 Å². The van der Waals surface area contributed by atoms with Crippen LogP contribution < -0.4 is 14.2 Å². The molecule has 5 nitrogen and oxygen atoms in total. The Kier molecular flexibility index (Phi) is 8.20. The molecule has 0 bridgehead atoms. The van der Waals surface area contributed by atoms with Gasteiger partial charge in [-0.15, -0.1) is 0 Å². The molecule has 5 heteroatoms. The van der Waals surface area contributed by atoms with E-state index in [0.29, 0.717) is 17.2 Å². The molecule has 1 aromatic rings. The van der Waals surface area contributed by atoms with Gasteiger partial charge in [0.05, 0.1) is 21.3 Å². The van der Waals surface area contributed by atoms with Crippen LogP contribution in [0.15, 0.2) is 12.1 Å². The van der Waals surface area contributed by atoms with Gasteiger partial charge in [0.2, 0.25) is 11.6 Å². The zero-order chi connectivity index (χ0) is 19.0. The average molecular weight is 352 g/mol. The zero-order valence-corrected chi connectivity index (χ0v) is 16.8. The third-order valence-corrected chi connectivity index (χ3v) is 4.36. The molecule has 0 amide bonds. The fourth-order valence-electron chi connectivity index (χ4n) is 2.97. The highest BCUT2D eigenvalue weighted by Crippen LogP contribution is 2.42. The fourth-order valence-corrected chi connectivity index (χ4v) is 2.97. The average Bonchev–Trinajstić information content (AvgIpc) is 2.59. The van der Waals surface area contributed by atoms with Crippen molar-refractivity contribution in [2.24, 2.45) is 0 Å². The van der Waals surface area contributed by atoms with Crippen LogP contribution in [0, 0.1) is 4.91 Å². The summed E-state index contributed by atoms with van der Waals surface area (Å²) in [5.41, 5.74) is 0.290. The van der Waals surface area contributed by atoms with Gasteiger partial charge < -0.3 is 14.2 Å². The van der Waals surface area contributed by atoms with Crippen molar-refractivity contribution in [3.05, 3.63) is 22.6 Å². The predicted molar refractivity (Wildman–Crippen MR) is 101 cm³/mol. The second kappa shape index (κ2) is 9.64. The highest BCUT2D eigenvalue weighted by atomic mass is 16.5. The van der Waals surface area contributed by atoms with Gasteiger partial charge in [0, 0.05) is 49.0 Å². The van der Waals surface area contributed by atoms with Crippen LogP contribution in [0.4, 0.5) is 0 Å². The van der Waals surface area contributed by atoms with Gasteiger partial charge in [-0.3, -0.25) is 0 Å². The zero-order valence-electron chi connectivity index (χ0n) is 16.8. The van der Waals surface area contributed by atoms with Crippen molar-refractivity contribution in [3.63, 3.8) is 0 Å².